The van der Waals surface area contributed by atoms with Crippen molar-refractivity contribution in [2.75, 3.05) is 13.2 Å². The molecule has 0 unspecified atom stereocenters. The van der Waals surface area contributed by atoms with E-state index in [-0.39, 0.29) is 0 Å². The molecule has 0 aliphatic heterocycles. The SMILES string of the molecule is CCCCOc1cccc(OCCC[C]=O)c1. The van der Waals surface area contributed by atoms with Crippen LogP contribution in [0.25, 0.3) is 0 Å². The topological polar surface area (TPSA) is 35.5 Å². The maximum absolute atomic E-state index is 10.0. The highest BCUT2D eigenvalue weighted by atomic mass is 16.5. The number of hydrogen-bond donors (Lipinski definition) is 0. The summed E-state index contributed by atoms with van der Waals surface area (Å²) in [5.41, 5.74) is 0. The molecule has 0 atom stereocenters. The van der Waals surface area contributed by atoms with Gasteiger partial charge >= 0.3 is 0 Å². The van der Waals surface area contributed by atoms with Crippen molar-refractivity contribution in [2.24, 2.45) is 0 Å². The predicted octanol–water partition coefficient (Wildman–Crippen LogP) is 3.13. The van der Waals surface area contributed by atoms with Crippen LogP contribution in [-0.4, -0.2) is 19.5 Å². The molecule has 0 saturated heterocycles. The van der Waals surface area contributed by atoms with E-state index in [0.717, 1.165) is 30.9 Å². The van der Waals surface area contributed by atoms with Gasteiger partial charge in [-0.15, -0.1) is 0 Å². The lowest BCUT2D eigenvalue weighted by Gasteiger charge is -2.08. The molecular weight excluding hydrogens is 216 g/mol. The average molecular weight is 235 g/mol. The van der Waals surface area contributed by atoms with Crippen molar-refractivity contribution in [3.05, 3.63) is 24.3 Å². The third kappa shape index (κ3) is 5.95. The first-order chi connectivity index (χ1) is 8.36. The highest BCUT2D eigenvalue weighted by Crippen LogP contribution is 2.19. The van der Waals surface area contributed by atoms with Gasteiger partial charge in [0.25, 0.3) is 0 Å². The predicted molar refractivity (Wildman–Crippen MR) is 67.3 cm³/mol. The van der Waals surface area contributed by atoms with E-state index < -0.39 is 0 Å². The van der Waals surface area contributed by atoms with Crippen molar-refractivity contribution in [2.45, 2.75) is 32.6 Å². The standard InChI is InChI=1S/C14H19O3/c1-2-3-10-16-13-7-6-8-14(12-13)17-11-5-4-9-15/h6-8,12H,2-5,10-11H2,1H3. The van der Waals surface area contributed by atoms with Gasteiger partial charge in [0.15, 0.2) is 6.29 Å². The van der Waals surface area contributed by atoms with Gasteiger partial charge in [0.2, 0.25) is 0 Å². The van der Waals surface area contributed by atoms with Crippen LogP contribution in [0.4, 0.5) is 0 Å². The Kier molecular flexibility index (Phi) is 6.87. The lowest BCUT2D eigenvalue weighted by molar-refractivity contribution is 0.295. The van der Waals surface area contributed by atoms with Gasteiger partial charge in [0.05, 0.1) is 13.2 Å². The van der Waals surface area contributed by atoms with E-state index in [9.17, 15) is 4.79 Å². The highest BCUT2D eigenvalue weighted by Gasteiger charge is 1.98. The molecule has 0 bridgehead atoms. The molecule has 0 aliphatic carbocycles. The second-order valence-electron chi connectivity index (χ2n) is 3.77. The molecule has 3 nitrogen and oxygen atoms in total. The Bertz CT molecular complexity index is 323. The fraction of sp³-hybridized carbons (Fsp3) is 0.500. The van der Waals surface area contributed by atoms with Gasteiger partial charge in [-0.05, 0) is 25.0 Å². The summed E-state index contributed by atoms with van der Waals surface area (Å²) in [6.45, 7) is 3.40. The molecule has 0 saturated carbocycles. The van der Waals surface area contributed by atoms with E-state index in [1.165, 1.54) is 0 Å². The second-order valence-corrected chi connectivity index (χ2v) is 3.77. The number of benzene rings is 1. The minimum Gasteiger partial charge on any atom is -0.493 e. The molecule has 0 amide bonds. The van der Waals surface area contributed by atoms with E-state index in [1.54, 1.807) is 0 Å². The molecule has 1 aromatic rings. The Morgan fingerprint density at radius 3 is 2.35 bits per heavy atom. The van der Waals surface area contributed by atoms with E-state index in [2.05, 4.69) is 6.92 Å². The zero-order valence-electron chi connectivity index (χ0n) is 10.3. The highest BCUT2D eigenvalue weighted by molar-refractivity contribution is 5.50. The van der Waals surface area contributed by atoms with E-state index in [4.69, 9.17) is 9.47 Å². The second kappa shape index (κ2) is 8.62. The summed E-state index contributed by atoms with van der Waals surface area (Å²) in [4.78, 5) is 10.0. The van der Waals surface area contributed by atoms with Crippen LogP contribution < -0.4 is 9.47 Å². The van der Waals surface area contributed by atoms with Gasteiger partial charge in [-0.2, -0.15) is 0 Å². The molecule has 17 heavy (non-hydrogen) atoms. The third-order valence-corrected chi connectivity index (χ3v) is 2.26. The van der Waals surface area contributed by atoms with Crippen molar-refractivity contribution in [3.63, 3.8) is 0 Å². The molecule has 1 aromatic carbocycles. The van der Waals surface area contributed by atoms with Crippen LogP contribution in [0.3, 0.4) is 0 Å². The van der Waals surface area contributed by atoms with Crippen LogP contribution in [0, 0.1) is 0 Å². The third-order valence-electron chi connectivity index (χ3n) is 2.26. The Balaban J connectivity index is 2.34. The largest absolute Gasteiger partial charge is 0.493 e. The summed E-state index contributed by atoms with van der Waals surface area (Å²) in [5, 5.41) is 0. The van der Waals surface area contributed by atoms with E-state index in [1.807, 2.05) is 30.6 Å². The summed E-state index contributed by atoms with van der Waals surface area (Å²) < 4.78 is 11.1. The number of hydrogen-bond acceptors (Lipinski definition) is 3. The molecule has 0 fully saturated rings. The zero-order chi connectivity index (χ0) is 12.3. The van der Waals surface area contributed by atoms with Gasteiger partial charge in [0.1, 0.15) is 11.5 Å². The van der Waals surface area contributed by atoms with Gasteiger partial charge in [-0.25, -0.2) is 0 Å². The minimum absolute atomic E-state index is 0.423. The molecule has 3 heteroatoms. The van der Waals surface area contributed by atoms with Gasteiger partial charge < -0.3 is 9.47 Å². The van der Waals surface area contributed by atoms with E-state index in [0.29, 0.717) is 19.4 Å². The monoisotopic (exact) mass is 235 g/mol. The molecular formula is C14H19O3. The summed E-state index contributed by atoms with van der Waals surface area (Å²) in [6, 6.07) is 7.59. The Morgan fingerprint density at radius 2 is 1.76 bits per heavy atom. The normalized spacial score (nSPS) is 9.94. The minimum atomic E-state index is 0.423. The number of ether oxygens (including phenoxy) is 2. The molecule has 0 N–H and O–H groups in total. The molecule has 1 radical (unpaired) electrons. The van der Waals surface area contributed by atoms with E-state index >= 15 is 0 Å². The van der Waals surface area contributed by atoms with Crippen LogP contribution in [0.2, 0.25) is 0 Å². The Hall–Kier alpha value is -1.51. The molecule has 0 aliphatic rings. The summed E-state index contributed by atoms with van der Waals surface area (Å²) in [7, 11) is 0. The van der Waals surface area contributed by atoms with Crippen molar-refractivity contribution in [1.82, 2.24) is 0 Å². The zero-order valence-corrected chi connectivity index (χ0v) is 10.3. The summed E-state index contributed by atoms with van der Waals surface area (Å²) >= 11 is 0. The maximum atomic E-state index is 10.0. The lowest BCUT2D eigenvalue weighted by atomic mass is 10.3. The first-order valence-electron chi connectivity index (χ1n) is 6.07. The van der Waals surface area contributed by atoms with Crippen LogP contribution in [0.5, 0.6) is 11.5 Å². The number of carbonyl (C=O) groups excluding carboxylic acids is 1. The molecule has 0 spiro atoms. The molecule has 93 valence electrons. The van der Waals surface area contributed by atoms with Crippen molar-refractivity contribution < 1.29 is 14.3 Å². The first-order valence-corrected chi connectivity index (χ1v) is 6.07. The number of rotatable bonds is 9. The number of unbranched alkanes of at least 4 members (excludes halogenated alkanes) is 2. The fourth-order valence-corrected chi connectivity index (χ4v) is 1.32. The first kappa shape index (κ1) is 13.6. The summed E-state index contributed by atoms with van der Waals surface area (Å²) in [6.07, 6.45) is 5.15. The van der Waals surface area contributed by atoms with Crippen LogP contribution >= 0.6 is 0 Å². The lowest BCUT2D eigenvalue weighted by Crippen LogP contribution is -1.99. The van der Waals surface area contributed by atoms with Gasteiger partial charge in [-0.1, -0.05) is 19.4 Å². The molecule has 0 heterocycles. The van der Waals surface area contributed by atoms with Gasteiger partial charge in [0, 0.05) is 12.5 Å². The smallest absolute Gasteiger partial charge is 0.198 e. The van der Waals surface area contributed by atoms with Gasteiger partial charge in [-0.3, -0.25) is 4.79 Å². The van der Waals surface area contributed by atoms with Crippen molar-refractivity contribution in [1.29, 1.82) is 0 Å². The van der Waals surface area contributed by atoms with Crippen LogP contribution in [-0.2, 0) is 4.79 Å². The Morgan fingerprint density at radius 1 is 1.12 bits per heavy atom. The Labute approximate surface area is 103 Å². The molecule has 0 aromatic heterocycles. The van der Waals surface area contributed by atoms with Crippen molar-refractivity contribution in [3.8, 4) is 11.5 Å². The molecule has 1 rings (SSSR count). The van der Waals surface area contributed by atoms with Crippen molar-refractivity contribution >= 4 is 6.29 Å². The van der Waals surface area contributed by atoms with Crippen LogP contribution in [0.1, 0.15) is 32.6 Å². The van der Waals surface area contributed by atoms with Crippen LogP contribution in [0.15, 0.2) is 24.3 Å². The summed E-state index contributed by atoms with van der Waals surface area (Å²) in [5.74, 6) is 1.61. The quantitative estimate of drug-likeness (QED) is 0.617. The average Bonchev–Trinajstić information content (AvgIpc) is 2.36. The maximum Gasteiger partial charge on any atom is 0.198 e. The fourth-order valence-electron chi connectivity index (χ4n) is 1.32.